The number of aliphatic hydroxyl groups is 5. The molecule has 6 aliphatic heterocycles. The summed E-state index contributed by atoms with van der Waals surface area (Å²) in [5.74, 6) is 0.657. The van der Waals surface area contributed by atoms with Gasteiger partial charge in [0.1, 0.15) is 24.4 Å². The first-order chi connectivity index (χ1) is 14.5. The predicted molar refractivity (Wildman–Crippen MR) is 108 cm³/mol. The zero-order valence-corrected chi connectivity index (χ0v) is 17.8. The second-order valence-electron chi connectivity index (χ2n) is 8.08. The van der Waals surface area contributed by atoms with Crippen LogP contribution in [0.2, 0.25) is 0 Å². The molecule has 6 rings (SSSR count). The first kappa shape index (κ1) is 24.6. The Morgan fingerprint density at radius 2 is 1.57 bits per heavy atom. The van der Waals surface area contributed by atoms with E-state index < -0.39 is 61.2 Å². The number of thioether (sulfide) groups is 1. The van der Waals surface area contributed by atoms with Crippen molar-refractivity contribution in [1.82, 2.24) is 0 Å². The summed E-state index contributed by atoms with van der Waals surface area (Å²) in [5, 5.41) is 52.3. The highest BCUT2D eigenvalue weighted by atomic mass is 32.2. The summed E-state index contributed by atoms with van der Waals surface area (Å²) in [4.78, 5) is 0. The number of rotatable bonds is 5. The van der Waals surface area contributed by atoms with Crippen molar-refractivity contribution in [2.24, 2.45) is 11.7 Å². The lowest BCUT2D eigenvalue weighted by molar-refractivity contribution is -0.351. The minimum Gasteiger partial charge on any atom is -0.394 e. The van der Waals surface area contributed by atoms with Crippen molar-refractivity contribution < 1.29 is 44.5 Å². The number of hydrogen-bond donors (Lipinski definition) is 6. The molecule has 0 spiro atoms. The molecular formula is C19H35NO9S. The minimum atomic E-state index is -1.36. The van der Waals surface area contributed by atoms with Crippen LogP contribution in [0.4, 0.5) is 0 Å². The fraction of sp³-hybridized carbons (Fsp3) is 1.00. The molecule has 0 aromatic heterocycles. The quantitative estimate of drug-likeness (QED) is 0.259. The fourth-order valence-electron chi connectivity index (χ4n) is 4.28. The van der Waals surface area contributed by atoms with Gasteiger partial charge in [0.05, 0.1) is 24.9 Å². The molecular weight excluding hydrogens is 418 g/mol. The molecule has 6 saturated heterocycles. The number of aliphatic hydroxyl groups excluding tert-OH is 5. The number of hydrogen-bond acceptors (Lipinski definition) is 11. The van der Waals surface area contributed by atoms with E-state index in [2.05, 4.69) is 0 Å². The van der Waals surface area contributed by atoms with Crippen molar-refractivity contribution in [3.8, 4) is 0 Å². The minimum absolute atomic E-state index is 0.332. The van der Waals surface area contributed by atoms with Gasteiger partial charge in [-0.2, -0.15) is 11.8 Å². The Labute approximate surface area is 180 Å². The van der Waals surface area contributed by atoms with Crippen LogP contribution in [0.1, 0.15) is 25.7 Å². The first-order valence-corrected chi connectivity index (χ1v) is 11.8. The zero-order chi connectivity index (χ0) is 21.7. The standard InChI is InChI=1S/C19H35NO9S/c20-5-7-30-9-12-17-14(23)16(25)18(28-12)26-6-3-1-2-4-10-11(8-21)27-19(29-17)15(24)13(10)22/h10-19,21-25H,1-9,20H2/t10?,11?,12?,13-,14+,15?,16?,17?,18-,19+/m0/s1. The van der Waals surface area contributed by atoms with Crippen LogP contribution in [0.5, 0.6) is 0 Å². The van der Waals surface area contributed by atoms with Gasteiger partial charge in [0.25, 0.3) is 0 Å². The van der Waals surface area contributed by atoms with Gasteiger partial charge in [0.2, 0.25) is 0 Å². The van der Waals surface area contributed by atoms with Gasteiger partial charge in [-0.05, 0) is 12.8 Å². The molecule has 11 heteroatoms. The summed E-state index contributed by atoms with van der Waals surface area (Å²) in [7, 11) is 0. The molecule has 0 aromatic carbocycles. The SMILES string of the molecule is NCCSCC1O[C@@H]2OCCCCCC3C(CO)O[C@H](OC1[C@H](O)C2O)C(O)[C@H]3O. The molecule has 176 valence electrons. The van der Waals surface area contributed by atoms with Crippen LogP contribution in [0, 0.1) is 5.92 Å². The van der Waals surface area contributed by atoms with Crippen molar-refractivity contribution >= 4 is 11.8 Å². The van der Waals surface area contributed by atoms with E-state index in [1.165, 1.54) is 11.8 Å². The Kier molecular flexibility index (Phi) is 9.60. The topological polar surface area (TPSA) is 164 Å². The maximum absolute atomic E-state index is 10.7. The van der Waals surface area contributed by atoms with E-state index in [1.54, 1.807) is 0 Å². The molecule has 6 heterocycles. The van der Waals surface area contributed by atoms with Gasteiger partial charge < -0.3 is 50.2 Å². The normalized spacial score (nSPS) is 45.8. The molecule has 7 N–H and O–H groups in total. The van der Waals surface area contributed by atoms with Crippen molar-refractivity contribution in [2.45, 2.75) is 81.0 Å². The van der Waals surface area contributed by atoms with Crippen LogP contribution in [0.25, 0.3) is 0 Å². The van der Waals surface area contributed by atoms with Crippen molar-refractivity contribution in [3.63, 3.8) is 0 Å². The molecule has 0 radical (unpaired) electrons. The largest absolute Gasteiger partial charge is 0.394 e. The lowest BCUT2D eigenvalue weighted by atomic mass is 9.85. The molecule has 10 atom stereocenters. The van der Waals surface area contributed by atoms with E-state index in [0.717, 1.165) is 12.8 Å². The van der Waals surface area contributed by atoms with E-state index >= 15 is 0 Å². The molecule has 4 bridgehead atoms. The van der Waals surface area contributed by atoms with Gasteiger partial charge in [-0.15, -0.1) is 0 Å². The summed E-state index contributed by atoms with van der Waals surface area (Å²) in [6.07, 6.45) is -7.06. The molecule has 0 aromatic rings. The molecule has 6 unspecified atom stereocenters. The summed E-state index contributed by atoms with van der Waals surface area (Å²) in [6, 6.07) is 0. The summed E-state index contributed by atoms with van der Waals surface area (Å²) in [6.45, 7) is 0.493. The molecule has 30 heavy (non-hydrogen) atoms. The maximum atomic E-state index is 10.7. The highest BCUT2D eigenvalue weighted by Crippen LogP contribution is 2.34. The Morgan fingerprint density at radius 1 is 0.833 bits per heavy atom. The third-order valence-corrected chi connectivity index (χ3v) is 7.06. The molecule has 0 amide bonds. The Bertz CT molecular complexity index is 516. The lowest BCUT2D eigenvalue weighted by Gasteiger charge is -2.47. The van der Waals surface area contributed by atoms with Crippen molar-refractivity contribution in [1.29, 1.82) is 0 Å². The van der Waals surface area contributed by atoms with Gasteiger partial charge in [0.15, 0.2) is 12.6 Å². The number of nitrogens with two attached hydrogens (primary N) is 1. The van der Waals surface area contributed by atoms with Gasteiger partial charge in [-0.3, -0.25) is 0 Å². The van der Waals surface area contributed by atoms with Crippen molar-refractivity contribution in [3.05, 3.63) is 0 Å². The Hall–Kier alpha value is -0.0500. The molecule has 6 aliphatic rings. The van der Waals surface area contributed by atoms with Crippen LogP contribution in [0.3, 0.4) is 0 Å². The van der Waals surface area contributed by atoms with E-state index in [4.69, 9.17) is 24.7 Å². The molecule has 0 aliphatic carbocycles. The van der Waals surface area contributed by atoms with Gasteiger partial charge in [-0.1, -0.05) is 12.8 Å². The summed E-state index contributed by atoms with van der Waals surface area (Å²) >= 11 is 1.50. The third-order valence-electron chi connectivity index (χ3n) is 5.97. The average Bonchev–Trinajstić information content (AvgIpc) is 2.75. The van der Waals surface area contributed by atoms with Crippen molar-refractivity contribution in [2.75, 3.05) is 31.3 Å². The van der Waals surface area contributed by atoms with E-state index in [0.29, 0.717) is 37.5 Å². The van der Waals surface area contributed by atoms with E-state index in [1.807, 2.05) is 0 Å². The smallest absolute Gasteiger partial charge is 0.187 e. The first-order valence-electron chi connectivity index (χ1n) is 10.7. The van der Waals surface area contributed by atoms with Crippen LogP contribution in [-0.2, 0) is 18.9 Å². The van der Waals surface area contributed by atoms with Gasteiger partial charge in [0, 0.05) is 30.6 Å². The maximum Gasteiger partial charge on any atom is 0.187 e. The highest BCUT2D eigenvalue weighted by Gasteiger charge is 2.50. The molecule has 6 fully saturated rings. The Balaban J connectivity index is 1.84. The molecule has 10 nitrogen and oxygen atoms in total. The lowest BCUT2D eigenvalue weighted by Crippen LogP contribution is -2.63. The van der Waals surface area contributed by atoms with Gasteiger partial charge >= 0.3 is 0 Å². The van der Waals surface area contributed by atoms with E-state index in [-0.39, 0.29) is 6.61 Å². The molecule has 0 saturated carbocycles. The monoisotopic (exact) mass is 453 g/mol. The summed E-state index contributed by atoms with van der Waals surface area (Å²) in [5.41, 5.74) is 5.56. The van der Waals surface area contributed by atoms with Crippen LogP contribution >= 0.6 is 11.8 Å². The predicted octanol–water partition coefficient (Wildman–Crippen LogP) is -1.84. The third kappa shape index (κ3) is 5.65. The average molecular weight is 454 g/mol. The van der Waals surface area contributed by atoms with E-state index in [9.17, 15) is 25.5 Å². The van der Waals surface area contributed by atoms with Crippen LogP contribution < -0.4 is 5.73 Å². The van der Waals surface area contributed by atoms with Gasteiger partial charge in [-0.25, -0.2) is 0 Å². The van der Waals surface area contributed by atoms with Crippen LogP contribution in [0.15, 0.2) is 0 Å². The zero-order valence-electron chi connectivity index (χ0n) is 17.0. The summed E-state index contributed by atoms with van der Waals surface area (Å²) < 4.78 is 23.2. The Morgan fingerprint density at radius 3 is 2.30 bits per heavy atom. The second-order valence-corrected chi connectivity index (χ2v) is 9.23. The number of ether oxygens (including phenoxy) is 4. The second kappa shape index (κ2) is 11.7. The highest BCUT2D eigenvalue weighted by molar-refractivity contribution is 7.99. The van der Waals surface area contributed by atoms with Crippen LogP contribution in [-0.4, -0.2) is 112 Å². The fourth-order valence-corrected chi connectivity index (χ4v) is 5.11.